The van der Waals surface area contributed by atoms with Crippen LogP contribution in [0.4, 0.5) is 0 Å². The van der Waals surface area contributed by atoms with E-state index >= 15 is 0 Å². The first-order valence-electron chi connectivity index (χ1n) is 7.67. The minimum atomic E-state index is -3.16. The summed E-state index contributed by atoms with van der Waals surface area (Å²) in [6.07, 6.45) is 7.03. The van der Waals surface area contributed by atoms with Crippen LogP contribution in [0.1, 0.15) is 24.8 Å². The van der Waals surface area contributed by atoms with Gasteiger partial charge in [0.1, 0.15) is 0 Å². The summed E-state index contributed by atoms with van der Waals surface area (Å²) in [5, 5.41) is 0. The molecule has 1 aromatic heterocycles. The summed E-state index contributed by atoms with van der Waals surface area (Å²) in [6, 6.07) is 4.00. The van der Waals surface area contributed by atoms with Gasteiger partial charge >= 0.3 is 0 Å². The van der Waals surface area contributed by atoms with Gasteiger partial charge in [-0.15, -0.1) is 0 Å². The lowest BCUT2D eigenvalue weighted by Gasteiger charge is -2.28. The van der Waals surface area contributed by atoms with Crippen LogP contribution < -0.4 is 5.73 Å². The maximum atomic E-state index is 12.5. The van der Waals surface area contributed by atoms with Gasteiger partial charge in [0.15, 0.2) is 0 Å². The standard InChI is InChI=1S/C15H23N3O2S/c16-15-2-1-13-10-18(11-14(13)9-15)21(19,20)8-5-12-3-6-17-7-4-12/h3-4,6-7,13-15H,1-2,5,8-11,16H2/t13-,14+,15?/m1/s1. The molecular weight excluding hydrogens is 286 g/mol. The van der Waals surface area contributed by atoms with Crippen LogP contribution in [0.25, 0.3) is 0 Å². The van der Waals surface area contributed by atoms with E-state index in [1.165, 1.54) is 0 Å². The molecule has 6 heteroatoms. The second kappa shape index (κ2) is 6.02. The highest BCUT2D eigenvalue weighted by molar-refractivity contribution is 7.89. The van der Waals surface area contributed by atoms with Crippen molar-refractivity contribution in [2.45, 2.75) is 31.7 Å². The maximum absolute atomic E-state index is 12.5. The molecule has 2 fully saturated rings. The second-order valence-electron chi connectivity index (χ2n) is 6.33. The van der Waals surface area contributed by atoms with Gasteiger partial charge < -0.3 is 5.73 Å². The fraction of sp³-hybridized carbons (Fsp3) is 0.667. The Morgan fingerprint density at radius 2 is 1.90 bits per heavy atom. The summed E-state index contributed by atoms with van der Waals surface area (Å²) in [6.45, 7) is 1.35. The fourth-order valence-electron chi connectivity index (χ4n) is 3.58. The zero-order valence-corrected chi connectivity index (χ0v) is 13.0. The average Bonchev–Trinajstić information content (AvgIpc) is 2.90. The first-order valence-corrected chi connectivity index (χ1v) is 9.28. The van der Waals surface area contributed by atoms with E-state index < -0.39 is 10.0 Å². The van der Waals surface area contributed by atoms with Crippen molar-refractivity contribution in [2.24, 2.45) is 17.6 Å². The quantitative estimate of drug-likeness (QED) is 0.900. The number of sulfonamides is 1. The molecule has 116 valence electrons. The van der Waals surface area contributed by atoms with Crippen LogP contribution in [-0.2, 0) is 16.4 Å². The molecule has 0 aromatic carbocycles. The highest BCUT2D eigenvalue weighted by Crippen LogP contribution is 2.36. The van der Waals surface area contributed by atoms with Crippen LogP contribution in [0.3, 0.4) is 0 Å². The van der Waals surface area contributed by atoms with Crippen LogP contribution in [-0.4, -0.2) is 42.6 Å². The van der Waals surface area contributed by atoms with Gasteiger partial charge in [-0.25, -0.2) is 12.7 Å². The summed E-state index contributed by atoms with van der Waals surface area (Å²) in [5.74, 6) is 1.16. The van der Waals surface area contributed by atoms with E-state index in [0.29, 0.717) is 31.3 Å². The van der Waals surface area contributed by atoms with Crippen LogP contribution in [0, 0.1) is 11.8 Å². The number of fused-ring (bicyclic) bond motifs is 1. The molecule has 0 bridgehead atoms. The number of aryl methyl sites for hydroxylation is 1. The van der Waals surface area contributed by atoms with E-state index in [9.17, 15) is 8.42 Å². The van der Waals surface area contributed by atoms with Gasteiger partial charge in [0.05, 0.1) is 5.75 Å². The Bertz CT molecular complexity index is 576. The van der Waals surface area contributed by atoms with Gasteiger partial charge in [-0.2, -0.15) is 0 Å². The largest absolute Gasteiger partial charge is 0.328 e. The summed E-state index contributed by atoms with van der Waals surface area (Å²) < 4.78 is 26.7. The zero-order chi connectivity index (χ0) is 14.9. The van der Waals surface area contributed by atoms with Crippen LogP contribution >= 0.6 is 0 Å². The molecular formula is C15H23N3O2S. The molecule has 1 unspecified atom stereocenters. The van der Waals surface area contributed by atoms with Gasteiger partial charge in [0.2, 0.25) is 10.0 Å². The van der Waals surface area contributed by atoms with E-state index in [1.54, 1.807) is 16.7 Å². The molecule has 1 saturated carbocycles. The lowest BCUT2D eigenvalue weighted by molar-refractivity contribution is 0.271. The van der Waals surface area contributed by atoms with E-state index in [2.05, 4.69) is 4.98 Å². The van der Waals surface area contributed by atoms with Crippen molar-refractivity contribution < 1.29 is 8.42 Å². The first-order chi connectivity index (χ1) is 10.0. The predicted octanol–water partition coefficient (Wildman–Crippen LogP) is 1.01. The Labute approximate surface area is 126 Å². The molecule has 1 saturated heterocycles. The normalized spacial score (nSPS) is 30.2. The highest BCUT2D eigenvalue weighted by atomic mass is 32.2. The molecule has 3 rings (SSSR count). The predicted molar refractivity (Wildman–Crippen MR) is 82.1 cm³/mol. The van der Waals surface area contributed by atoms with E-state index in [-0.39, 0.29) is 11.8 Å². The number of nitrogens with zero attached hydrogens (tertiary/aromatic N) is 2. The molecule has 0 spiro atoms. The van der Waals surface area contributed by atoms with Crippen LogP contribution in [0.15, 0.2) is 24.5 Å². The van der Waals surface area contributed by atoms with Gasteiger partial charge in [-0.05, 0) is 55.2 Å². The van der Waals surface area contributed by atoms with Gasteiger partial charge in [0, 0.05) is 31.5 Å². The van der Waals surface area contributed by atoms with Crippen molar-refractivity contribution in [3.63, 3.8) is 0 Å². The van der Waals surface area contributed by atoms with Crippen molar-refractivity contribution in [2.75, 3.05) is 18.8 Å². The summed E-state index contributed by atoms with van der Waals surface area (Å²) in [4.78, 5) is 3.95. The van der Waals surface area contributed by atoms with E-state index in [1.807, 2.05) is 12.1 Å². The maximum Gasteiger partial charge on any atom is 0.214 e. The number of nitrogens with two attached hydrogens (primary N) is 1. The Balaban J connectivity index is 1.61. The van der Waals surface area contributed by atoms with Crippen molar-refractivity contribution in [1.82, 2.24) is 9.29 Å². The second-order valence-corrected chi connectivity index (χ2v) is 8.42. The monoisotopic (exact) mass is 309 g/mol. The summed E-state index contributed by atoms with van der Waals surface area (Å²) in [5.41, 5.74) is 7.03. The molecule has 0 radical (unpaired) electrons. The third-order valence-corrected chi connectivity index (χ3v) is 6.65. The van der Waals surface area contributed by atoms with Crippen molar-refractivity contribution in [3.8, 4) is 0 Å². The molecule has 1 aromatic rings. The minimum absolute atomic E-state index is 0.183. The fourth-order valence-corrected chi connectivity index (χ4v) is 5.17. The molecule has 2 aliphatic rings. The molecule has 2 heterocycles. The van der Waals surface area contributed by atoms with Crippen molar-refractivity contribution >= 4 is 10.0 Å². The first kappa shape index (κ1) is 14.9. The Kier molecular flexibility index (Phi) is 4.28. The third-order valence-electron chi connectivity index (χ3n) is 4.85. The molecule has 1 aliphatic heterocycles. The highest BCUT2D eigenvalue weighted by Gasteiger charge is 2.40. The summed E-state index contributed by atoms with van der Waals surface area (Å²) in [7, 11) is -3.16. The lowest BCUT2D eigenvalue weighted by atomic mass is 9.79. The van der Waals surface area contributed by atoms with Gasteiger partial charge in [-0.1, -0.05) is 0 Å². The average molecular weight is 309 g/mol. The zero-order valence-electron chi connectivity index (χ0n) is 12.2. The van der Waals surface area contributed by atoms with Crippen LogP contribution in [0.2, 0.25) is 0 Å². The van der Waals surface area contributed by atoms with Gasteiger partial charge in [0.25, 0.3) is 0 Å². The Morgan fingerprint density at radius 3 is 2.67 bits per heavy atom. The Morgan fingerprint density at radius 1 is 1.19 bits per heavy atom. The van der Waals surface area contributed by atoms with Crippen molar-refractivity contribution in [1.29, 1.82) is 0 Å². The number of aromatic nitrogens is 1. The summed E-state index contributed by atoms with van der Waals surface area (Å²) >= 11 is 0. The molecule has 3 atom stereocenters. The smallest absolute Gasteiger partial charge is 0.214 e. The molecule has 0 amide bonds. The molecule has 2 N–H and O–H groups in total. The Hall–Kier alpha value is -0.980. The number of rotatable bonds is 4. The van der Waals surface area contributed by atoms with Gasteiger partial charge in [-0.3, -0.25) is 4.98 Å². The number of hydrogen-bond donors (Lipinski definition) is 1. The molecule has 21 heavy (non-hydrogen) atoms. The van der Waals surface area contributed by atoms with Crippen LogP contribution in [0.5, 0.6) is 0 Å². The van der Waals surface area contributed by atoms with Crippen molar-refractivity contribution in [3.05, 3.63) is 30.1 Å². The molecule has 5 nitrogen and oxygen atoms in total. The third kappa shape index (κ3) is 3.44. The SMILES string of the molecule is NC1CC[C@@H]2CN(S(=O)(=O)CCc3ccncc3)C[C@@H]2C1. The lowest BCUT2D eigenvalue weighted by Crippen LogP contribution is -2.33. The van der Waals surface area contributed by atoms with E-state index in [4.69, 9.17) is 5.73 Å². The van der Waals surface area contributed by atoms with E-state index in [0.717, 1.165) is 24.8 Å². The minimum Gasteiger partial charge on any atom is -0.328 e. The number of pyridine rings is 1. The molecule has 1 aliphatic carbocycles. The topological polar surface area (TPSA) is 76.3 Å². The number of hydrogen-bond acceptors (Lipinski definition) is 4.